The second-order valence-electron chi connectivity index (χ2n) is 4.69. The van der Waals surface area contributed by atoms with Gasteiger partial charge in [-0.1, -0.05) is 24.3 Å². The van der Waals surface area contributed by atoms with Crippen LogP contribution in [0.3, 0.4) is 0 Å². The second kappa shape index (κ2) is 5.06. The first-order valence-corrected chi connectivity index (χ1v) is 8.25. The zero-order valence-corrected chi connectivity index (χ0v) is 12.5. The van der Waals surface area contributed by atoms with Crippen LogP contribution in [0.5, 0.6) is 0 Å². The van der Waals surface area contributed by atoms with E-state index in [0.717, 1.165) is 31.9 Å². The molecule has 1 nitrogen and oxygen atoms in total. The summed E-state index contributed by atoms with van der Waals surface area (Å²) in [5.74, 6) is -0.214. The minimum atomic E-state index is -0.214. The van der Waals surface area contributed by atoms with Crippen molar-refractivity contribution in [3.8, 4) is 21.7 Å². The Morgan fingerprint density at radius 3 is 2.52 bits per heavy atom. The molecule has 4 heteroatoms. The zero-order chi connectivity index (χ0) is 14.2. The van der Waals surface area contributed by atoms with E-state index in [-0.39, 0.29) is 5.82 Å². The lowest BCUT2D eigenvalue weighted by atomic mass is 10.1. The molecule has 4 rings (SSSR count). The summed E-state index contributed by atoms with van der Waals surface area (Å²) in [6, 6.07) is 14.8. The third kappa shape index (κ3) is 2.26. The molecule has 21 heavy (non-hydrogen) atoms. The summed E-state index contributed by atoms with van der Waals surface area (Å²) < 4.78 is 14.2. The van der Waals surface area contributed by atoms with Crippen LogP contribution in [-0.4, -0.2) is 4.98 Å². The summed E-state index contributed by atoms with van der Waals surface area (Å²) in [6.45, 7) is 0. The van der Waals surface area contributed by atoms with Crippen molar-refractivity contribution in [1.82, 2.24) is 4.98 Å². The predicted molar refractivity (Wildman–Crippen MR) is 88.3 cm³/mol. The highest BCUT2D eigenvalue weighted by Gasteiger charge is 2.11. The van der Waals surface area contributed by atoms with E-state index >= 15 is 0 Å². The molecule has 0 N–H and O–H groups in total. The van der Waals surface area contributed by atoms with Gasteiger partial charge in [0.1, 0.15) is 10.8 Å². The Hall–Kier alpha value is -2.04. The quantitative estimate of drug-likeness (QED) is 0.454. The summed E-state index contributed by atoms with van der Waals surface area (Å²) in [4.78, 5) is 4.71. The standard InChI is InChI=1S/C17H10FNS2/c18-13-6-4-11(5-7-13)14-2-1-3-15-16(14)21-17(19-15)12-8-9-20-10-12/h1-10H. The van der Waals surface area contributed by atoms with Gasteiger partial charge in [0, 0.05) is 16.5 Å². The van der Waals surface area contributed by atoms with E-state index in [2.05, 4.69) is 22.9 Å². The molecule has 0 aliphatic rings. The third-order valence-corrected chi connectivity index (χ3v) is 5.18. The largest absolute Gasteiger partial charge is 0.236 e. The van der Waals surface area contributed by atoms with Crippen LogP contribution in [0, 0.1) is 5.82 Å². The van der Waals surface area contributed by atoms with Gasteiger partial charge >= 0.3 is 0 Å². The highest BCUT2D eigenvalue weighted by atomic mass is 32.1. The Balaban J connectivity index is 1.92. The van der Waals surface area contributed by atoms with Gasteiger partial charge in [0.15, 0.2) is 0 Å². The SMILES string of the molecule is Fc1ccc(-c2cccc3nc(-c4ccsc4)sc23)cc1. The summed E-state index contributed by atoms with van der Waals surface area (Å²) in [6.07, 6.45) is 0. The zero-order valence-electron chi connectivity index (χ0n) is 10.9. The molecular weight excluding hydrogens is 301 g/mol. The lowest BCUT2D eigenvalue weighted by molar-refractivity contribution is 0.628. The van der Waals surface area contributed by atoms with Crippen LogP contribution in [0.2, 0.25) is 0 Å². The Labute approximate surface area is 129 Å². The molecular formula is C17H10FNS2. The van der Waals surface area contributed by atoms with Crippen LogP contribution >= 0.6 is 22.7 Å². The Kier molecular flexibility index (Phi) is 3.05. The number of rotatable bonds is 2. The predicted octanol–water partition coefficient (Wildman–Crippen LogP) is 5.83. The van der Waals surface area contributed by atoms with Crippen molar-refractivity contribution in [2.45, 2.75) is 0 Å². The van der Waals surface area contributed by atoms with Gasteiger partial charge in [-0.3, -0.25) is 0 Å². The van der Waals surface area contributed by atoms with Crippen molar-refractivity contribution in [2.75, 3.05) is 0 Å². The number of hydrogen-bond donors (Lipinski definition) is 0. The van der Waals surface area contributed by atoms with E-state index in [1.807, 2.05) is 24.3 Å². The third-order valence-electron chi connectivity index (χ3n) is 3.34. The normalized spacial score (nSPS) is 11.1. The molecule has 0 amide bonds. The number of nitrogens with zero attached hydrogens (tertiary/aromatic N) is 1. The summed E-state index contributed by atoms with van der Waals surface area (Å²) in [7, 11) is 0. The van der Waals surface area contributed by atoms with E-state index in [1.54, 1.807) is 22.7 Å². The fourth-order valence-corrected chi connectivity index (χ4v) is 4.13. The average molecular weight is 311 g/mol. The minimum absolute atomic E-state index is 0.214. The van der Waals surface area contributed by atoms with Crippen LogP contribution < -0.4 is 0 Å². The van der Waals surface area contributed by atoms with Gasteiger partial charge in [-0.05, 0) is 35.2 Å². The number of benzene rings is 2. The molecule has 2 aromatic carbocycles. The second-order valence-corrected chi connectivity index (χ2v) is 6.47. The molecule has 2 heterocycles. The fraction of sp³-hybridized carbons (Fsp3) is 0. The maximum Gasteiger partial charge on any atom is 0.125 e. The van der Waals surface area contributed by atoms with Gasteiger partial charge in [0.2, 0.25) is 0 Å². The molecule has 0 saturated carbocycles. The maximum absolute atomic E-state index is 13.1. The van der Waals surface area contributed by atoms with Crippen molar-refractivity contribution in [3.63, 3.8) is 0 Å². The van der Waals surface area contributed by atoms with E-state index in [9.17, 15) is 4.39 Å². The first-order valence-electron chi connectivity index (χ1n) is 6.49. The number of fused-ring (bicyclic) bond motifs is 1. The lowest BCUT2D eigenvalue weighted by Crippen LogP contribution is -1.79. The molecule has 0 fully saturated rings. The van der Waals surface area contributed by atoms with Gasteiger partial charge in [-0.2, -0.15) is 11.3 Å². The first kappa shape index (κ1) is 12.7. The Morgan fingerprint density at radius 2 is 1.76 bits per heavy atom. The molecule has 0 spiro atoms. The summed E-state index contributed by atoms with van der Waals surface area (Å²) >= 11 is 3.35. The van der Waals surface area contributed by atoms with E-state index in [1.165, 1.54) is 12.1 Å². The Bertz CT molecular complexity index is 892. The van der Waals surface area contributed by atoms with Crippen molar-refractivity contribution >= 4 is 32.9 Å². The number of halogens is 1. The number of hydrogen-bond acceptors (Lipinski definition) is 3. The molecule has 0 bridgehead atoms. The molecule has 4 aromatic rings. The van der Waals surface area contributed by atoms with Crippen molar-refractivity contribution < 1.29 is 4.39 Å². The molecule has 0 saturated heterocycles. The minimum Gasteiger partial charge on any atom is -0.236 e. The van der Waals surface area contributed by atoms with Gasteiger partial charge in [-0.25, -0.2) is 9.37 Å². The number of thiazole rings is 1. The number of aromatic nitrogens is 1. The van der Waals surface area contributed by atoms with Crippen molar-refractivity contribution in [3.05, 3.63) is 65.1 Å². The van der Waals surface area contributed by atoms with Gasteiger partial charge in [0.25, 0.3) is 0 Å². The first-order chi connectivity index (χ1) is 10.3. The van der Waals surface area contributed by atoms with Gasteiger partial charge in [0.05, 0.1) is 10.2 Å². The molecule has 0 atom stereocenters. The van der Waals surface area contributed by atoms with E-state index < -0.39 is 0 Å². The van der Waals surface area contributed by atoms with E-state index in [0.29, 0.717) is 0 Å². The molecule has 0 radical (unpaired) electrons. The maximum atomic E-state index is 13.1. The smallest absolute Gasteiger partial charge is 0.125 e. The van der Waals surface area contributed by atoms with Crippen LogP contribution in [0.15, 0.2) is 59.3 Å². The lowest BCUT2D eigenvalue weighted by Gasteiger charge is -2.02. The molecule has 102 valence electrons. The van der Waals surface area contributed by atoms with E-state index in [4.69, 9.17) is 4.98 Å². The van der Waals surface area contributed by atoms with Crippen LogP contribution in [0.1, 0.15) is 0 Å². The van der Waals surface area contributed by atoms with Crippen LogP contribution in [-0.2, 0) is 0 Å². The molecule has 2 aromatic heterocycles. The summed E-state index contributed by atoms with van der Waals surface area (Å²) in [5.41, 5.74) is 4.27. The van der Waals surface area contributed by atoms with Crippen LogP contribution in [0.4, 0.5) is 4.39 Å². The van der Waals surface area contributed by atoms with Crippen LogP contribution in [0.25, 0.3) is 31.9 Å². The topological polar surface area (TPSA) is 12.9 Å². The molecule has 0 aliphatic carbocycles. The Morgan fingerprint density at radius 1 is 0.905 bits per heavy atom. The molecule has 0 unspecified atom stereocenters. The van der Waals surface area contributed by atoms with Crippen molar-refractivity contribution in [1.29, 1.82) is 0 Å². The monoisotopic (exact) mass is 311 g/mol. The highest BCUT2D eigenvalue weighted by molar-refractivity contribution is 7.22. The highest BCUT2D eigenvalue weighted by Crippen LogP contribution is 2.37. The van der Waals surface area contributed by atoms with Gasteiger partial charge in [-0.15, -0.1) is 11.3 Å². The average Bonchev–Trinajstić information content (AvgIpc) is 3.16. The molecule has 0 aliphatic heterocycles. The van der Waals surface area contributed by atoms with Crippen molar-refractivity contribution in [2.24, 2.45) is 0 Å². The summed E-state index contributed by atoms with van der Waals surface area (Å²) in [5, 5.41) is 5.19. The number of thiophene rings is 1. The van der Waals surface area contributed by atoms with Gasteiger partial charge < -0.3 is 0 Å². The fourth-order valence-electron chi connectivity index (χ4n) is 2.32.